The van der Waals surface area contributed by atoms with Crippen LogP contribution in [-0.2, 0) is 11.8 Å². The number of hydrogen-bond donors (Lipinski definition) is 1. The number of likely N-dealkylation sites (N-methyl/N-ethyl adjacent to an activating group) is 1. The molecule has 1 atom stereocenters. The van der Waals surface area contributed by atoms with Crippen LogP contribution in [-0.4, -0.2) is 48.8 Å². The van der Waals surface area contributed by atoms with Crippen molar-refractivity contribution in [1.82, 2.24) is 20.4 Å². The lowest BCUT2D eigenvalue weighted by Crippen LogP contribution is -2.28. The highest BCUT2D eigenvalue weighted by molar-refractivity contribution is 5.09. The van der Waals surface area contributed by atoms with Crippen LogP contribution in [0.1, 0.15) is 31.5 Å². The van der Waals surface area contributed by atoms with Crippen molar-refractivity contribution >= 4 is 0 Å². The second-order valence-electron chi connectivity index (χ2n) is 5.13. The number of nitrogens with one attached hydrogen (secondary N) is 1. The number of hydrogen-bond acceptors (Lipinski definition) is 5. The lowest BCUT2D eigenvalue weighted by atomic mass is 9.84. The van der Waals surface area contributed by atoms with Crippen LogP contribution in [0.2, 0.25) is 0 Å². The van der Waals surface area contributed by atoms with E-state index in [1.807, 2.05) is 0 Å². The molecule has 0 bridgehead atoms. The third-order valence-electron chi connectivity index (χ3n) is 3.62. The maximum Gasteiger partial charge on any atom is 0.234 e. The van der Waals surface area contributed by atoms with Crippen LogP contribution in [0.3, 0.4) is 0 Å². The molecule has 1 N–H and O–H groups in total. The third-order valence-corrected chi connectivity index (χ3v) is 3.62. The summed E-state index contributed by atoms with van der Waals surface area (Å²) in [5.74, 6) is 1.65. The van der Waals surface area contributed by atoms with Gasteiger partial charge in [-0.15, -0.1) is 0 Å². The Labute approximate surface area is 103 Å². The summed E-state index contributed by atoms with van der Waals surface area (Å²) in [6.45, 7) is 5.15. The van der Waals surface area contributed by atoms with Gasteiger partial charge >= 0.3 is 0 Å². The van der Waals surface area contributed by atoms with Crippen molar-refractivity contribution in [3.63, 3.8) is 0 Å². The Kier molecular flexibility index (Phi) is 3.79. The van der Waals surface area contributed by atoms with Crippen LogP contribution >= 0.6 is 0 Å². The number of rotatable bonds is 5. The summed E-state index contributed by atoms with van der Waals surface area (Å²) in [4.78, 5) is 6.69. The SMILES string of the molecule is CCC1(c2nc(CCN(C)C)no2)CCNC1. The molecule has 1 fully saturated rings. The Balaban J connectivity index is 2.06. The van der Waals surface area contributed by atoms with Crippen LogP contribution in [0, 0.1) is 0 Å². The van der Waals surface area contributed by atoms with Gasteiger partial charge in [-0.25, -0.2) is 0 Å². The Hall–Kier alpha value is -0.940. The number of nitrogens with zero attached hydrogens (tertiary/aromatic N) is 3. The van der Waals surface area contributed by atoms with Gasteiger partial charge in [-0.05, 0) is 33.5 Å². The van der Waals surface area contributed by atoms with Crippen molar-refractivity contribution in [3.05, 3.63) is 11.7 Å². The Morgan fingerprint density at radius 2 is 2.29 bits per heavy atom. The molecule has 96 valence electrons. The summed E-state index contributed by atoms with van der Waals surface area (Å²) in [6, 6.07) is 0. The smallest absolute Gasteiger partial charge is 0.234 e. The molecule has 0 aliphatic carbocycles. The van der Waals surface area contributed by atoms with E-state index >= 15 is 0 Å². The maximum atomic E-state index is 5.46. The van der Waals surface area contributed by atoms with Gasteiger partial charge < -0.3 is 14.7 Å². The van der Waals surface area contributed by atoms with Crippen LogP contribution in [0.25, 0.3) is 0 Å². The van der Waals surface area contributed by atoms with Crippen molar-refractivity contribution in [3.8, 4) is 0 Å². The summed E-state index contributed by atoms with van der Waals surface area (Å²) in [5, 5.41) is 7.47. The van der Waals surface area contributed by atoms with Crippen molar-refractivity contribution in [1.29, 1.82) is 0 Å². The van der Waals surface area contributed by atoms with E-state index in [1.165, 1.54) is 0 Å². The van der Waals surface area contributed by atoms with Gasteiger partial charge in [0.05, 0.1) is 5.41 Å². The second kappa shape index (κ2) is 5.14. The molecule has 0 amide bonds. The van der Waals surface area contributed by atoms with Gasteiger partial charge in [0, 0.05) is 19.5 Å². The van der Waals surface area contributed by atoms with Crippen LogP contribution in [0.5, 0.6) is 0 Å². The van der Waals surface area contributed by atoms with Crippen LogP contribution < -0.4 is 5.32 Å². The molecule has 0 saturated carbocycles. The van der Waals surface area contributed by atoms with Gasteiger partial charge in [0.2, 0.25) is 5.89 Å². The fourth-order valence-corrected chi connectivity index (χ4v) is 2.27. The molecule has 2 heterocycles. The molecule has 0 aromatic carbocycles. The first kappa shape index (κ1) is 12.5. The van der Waals surface area contributed by atoms with E-state index in [1.54, 1.807) is 0 Å². The molecule has 1 saturated heterocycles. The van der Waals surface area contributed by atoms with Crippen LogP contribution in [0.15, 0.2) is 4.52 Å². The largest absolute Gasteiger partial charge is 0.339 e. The average molecular weight is 238 g/mol. The maximum absolute atomic E-state index is 5.46. The van der Waals surface area contributed by atoms with E-state index in [-0.39, 0.29) is 5.41 Å². The predicted molar refractivity (Wildman–Crippen MR) is 66.0 cm³/mol. The third kappa shape index (κ3) is 2.66. The molecule has 1 aliphatic heterocycles. The lowest BCUT2D eigenvalue weighted by molar-refractivity contribution is 0.283. The molecule has 5 heteroatoms. The predicted octanol–water partition coefficient (Wildman–Crippen LogP) is 0.815. The van der Waals surface area contributed by atoms with E-state index in [9.17, 15) is 0 Å². The lowest BCUT2D eigenvalue weighted by Gasteiger charge is -2.20. The summed E-state index contributed by atoms with van der Waals surface area (Å²) < 4.78 is 5.46. The van der Waals surface area contributed by atoms with Crippen molar-refractivity contribution < 1.29 is 4.52 Å². The molecule has 0 radical (unpaired) electrons. The average Bonchev–Trinajstić information content (AvgIpc) is 2.96. The molecule has 1 aromatic rings. The zero-order chi connectivity index (χ0) is 12.3. The zero-order valence-corrected chi connectivity index (χ0v) is 11.0. The number of aromatic nitrogens is 2. The quantitative estimate of drug-likeness (QED) is 0.823. The standard InChI is InChI=1S/C12H22N4O/c1-4-12(6-7-13-9-12)11-14-10(15-17-11)5-8-16(2)3/h13H,4-9H2,1-3H3. The van der Waals surface area contributed by atoms with Gasteiger partial charge in [-0.1, -0.05) is 12.1 Å². The van der Waals surface area contributed by atoms with E-state index in [4.69, 9.17) is 4.52 Å². The molecule has 17 heavy (non-hydrogen) atoms. The van der Waals surface area contributed by atoms with E-state index in [0.29, 0.717) is 0 Å². The summed E-state index contributed by atoms with van der Waals surface area (Å²) in [6.07, 6.45) is 3.00. The molecular formula is C12H22N4O. The van der Waals surface area contributed by atoms with Crippen molar-refractivity contribution in [2.45, 2.75) is 31.6 Å². The van der Waals surface area contributed by atoms with Crippen molar-refractivity contribution in [2.75, 3.05) is 33.7 Å². The van der Waals surface area contributed by atoms with Crippen molar-refractivity contribution in [2.24, 2.45) is 0 Å². The summed E-state index contributed by atoms with van der Waals surface area (Å²) in [5.41, 5.74) is 0.0728. The molecule has 1 aromatic heterocycles. The first-order valence-corrected chi connectivity index (χ1v) is 6.35. The molecule has 1 aliphatic rings. The van der Waals surface area contributed by atoms with Gasteiger partial charge in [-0.3, -0.25) is 0 Å². The van der Waals surface area contributed by atoms with Gasteiger partial charge in [0.1, 0.15) is 0 Å². The Bertz CT molecular complexity index is 355. The first-order valence-electron chi connectivity index (χ1n) is 6.35. The van der Waals surface area contributed by atoms with Gasteiger partial charge in [-0.2, -0.15) is 4.98 Å². The molecule has 2 rings (SSSR count). The second-order valence-corrected chi connectivity index (χ2v) is 5.13. The summed E-state index contributed by atoms with van der Waals surface area (Å²) in [7, 11) is 4.10. The minimum Gasteiger partial charge on any atom is -0.339 e. The monoisotopic (exact) mass is 238 g/mol. The summed E-state index contributed by atoms with van der Waals surface area (Å²) >= 11 is 0. The Morgan fingerprint density at radius 3 is 2.88 bits per heavy atom. The van der Waals surface area contributed by atoms with Gasteiger partial charge in [0.15, 0.2) is 5.82 Å². The molecule has 5 nitrogen and oxygen atoms in total. The fraction of sp³-hybridized carbons (Fsp3) is 0.833. The minimum absolute atomic E-state index is 0.0728. The zero-order valence-electron chi connectivity index (χ0n) is 11.0. The Morgan fingerprint density at radius 1 is 1.47 bits per heavy atom. The van der Waals surface area contributed by atoms with Crippen LogP contribution in [0.4, 0.5) is 0 Å². The molecule has 0 spiro atoms. The van der Waals surface area contributed by atoms with E-state index in [0.717, 1.165) is 50.6 Å². The highest BCUT2D eigenvalue weighted by Gasteiger charge is 2.39. The molecular weight excluding hydrogens is 216 g/mol. The normalized spacial score (nSPS) is 24.7. The van der Waals surface area contributed by atoms with E-state index in [2.05, 4.69) is 41.4 Å². The highest BCUT2D eigenvalue weighted by Crippen LogP contribution is 2.32. The minimum atomic E-state index is 0.0728. The first-order chi connectivity index (χ1) is 8.16. The highest BCUT2D eigenvalue weighted by atomic mass is 16.5. The van der Waals surface area contributed by atoms with E-state index < -0.39 is 0 Å². The fourth-order valence-electron chi connectivity index (χ4n) is 2.27. The van der Waals surface area contributed by atoms with Gasteiger partial charge in [0.25, 0.3) is 0 Å². The topological polar surface area (TPSA) is 54.2 Å². The molecule has 1 unspecified atom stereocenters.